The van der Waals surface area contributed by atoms with Crippen LogP contribution in [0.25, 0.3) is 0 Å². The molecule has 0 aliphatic heterocycles. The van der Waals surface area contributed by atoms with Gasteiger partial charge in [-0.25, -0.2) is 9.97 Å². The molecule has 5 heteroatoms. The van der Waals surface area contributed by atoms with Crippen LogP contribution in [0.15, 0.2) is 6.33 Å². The van der Waals surface area contributed by atoms with Crippen LogP contribution >= 0.6 is 11.6 Å². The molecule has 0 radical (unpaired) electrons. The van der Waals surface area contributed by atoms with Crippen molar-refractivity contribution < 1.29 is 5.11 Å². The fourth-order valence-electron chi connectivity index (χ4n) is 1.80. The summed E-state index contributed by atoms with van der Waals surface area (Å²) in [5.41, 5.74) is 0.923. The van der Waals surface area contributed by atoms with Crippen LogP contribution < -0.4 is 5.32 Å². The maximum absolute atomic E-state index is 9.34. The first kappa shape index (κ1) is 14.2. The summed E-state index contributed by atoms with van der Waals surface area (Å²) in [6.45, 7) is 7.88. The maximum Gasteiger partial charge on any atom is 0.138 e. The Morgan fingerprint density at radius 1 is 1.29 bits per heavy atom. The molecule has 1 rings (SSSR count). The molecule has 4 nitrogen and oxygen atoms in total. The SMILES string of the molecule is CC(O)CC(C)Nc1ncnc(Cl)c1C(C)C. The average molecular weight is 258 g/mol. The third kappa shape index (κ3) is 4.13. The van der Waals surface area contributed by atoms with E-state index < -0.39 is 0 Å². The first-order valence-electron chi connectivity index (χ1n) is 5.86. The lowest BCUT2D eigenvalue weighted by molar-refractivity contribution is 0.179. The second-order valence-electron chi connectivity index (χ2n) is 4.71. The Hall–Kier alpha value is -0.870. The number of aliphatic hydroxyl groups excluding tert-OH is 1. The summed E-state index contributed by atoms with van der Waals surface area (Å²) in [4.78, 5) is 8.21. The normalized spacial score (nSPS) is 14.8. The molecule has 1 aromatic rings. The Kier molecular flexibility index (Phi) is 5.15. The Morgan fingerprint density at radius 3 is 2.47 bits per heavy atom. The van der Waals surface area contributed by atoms with Crippen molar-refractivity contribution in [2.24, 2.45) is 0 Å². The van der Waals surface area contributed by atoms with E-state index >= 15 is 0 Å². The first-order chi connectivity index (χ1) is 7.91. The third-order valence-corrected chi connectivity index (χ3v) is 2.79. The van der Waals surface area contributed by atoms with Crippen molar-refractivity contribution in [1.82, 2.24) is 9.97 Å². The van der Waals surface area contributed by atoms with Gasteiger partial charge in [-0.3, -0.25) is 0 Å². The molecule has 2 unspecified atom stereocenters. The van der Waals surface area contributed by atoms with Crippen molar-refractivity contribution in [2.75, 3.05) is 5.32 Å². The van der Waals surface area contributed by atoms with E-state index in [0.29, 0.717) is 11.6 Å². The second-order valence-corrected chi connectivity index (χ2v) is 5.07. The highest BCUT2D eigenvalue weighted by Crippen LogP contribution is 2.28. The van der Waals surface area contributed by atoms with E-state index in [1.807, 2.05) is 6.92 Å². The highest BCUT2D eigenvalue weighted by molar-refractivity contribution is 6.30. The predicted molar refractivity (Wildman–Crippen MR) is 70.5 cm³/mol. The molecule has 0 saturated heterocycles. The molecule has 17 heavy (non-hydrogen) atoms. The molecule has 1 heterocycles. The van der Waals surface area contributed by atoms with Crippen LogP contribution in [0.1, 0.15) is 45.6 Å². The summed E-state index contributed by atoms with van der Waals surface area (Å²) >= 11 is 6.07. The lowest BCUT2D eigenvalue weighted by Crippen LogP contribution is -2.22. The predicted octanol–water partition coefficient (Wildman–Crippen LogP) is 2.82. The van der Waals surface area contributed by atoms with Crippen LogP contribution in [0, 0.1) is 0 Å². The van der Waals surface area contributed by atoms with Gasteiger partial charge in [0.15, 0.2) is 0 Å². The monoisotopic (exact) mass is 257 g/mol. The van der Waals surface area contributed by atoms with Crippen molar-refractivity contribution in [3.8, 4) is 0 Å². The lowest BCUT2D eigenvalue weighted by Gasteiger charge is -2.19. The molecular formula is C12H20ClN3O. The van der Waals surface area contributed by atoms with Crippen molar-refractivity contribution in [2.45, 2.75) is 52.2 Å². The summed E-state index contributed by atoms with van der Waals surface area (Å²) in [6.07, 6.45) is 1.78. The summed E-state index contributed by atoms with van der Waals surface area (Å²) in [5.74, 6) is 1.01. The largest absolute Gasteiger partial charge is 0.393 e. The Morgan fingerprint density at radius 2 is 1.94 bits per heavy atom. The maximum atomic E-state index is 9.34. The molecule has 0 aliphatic rings. The summed E-state index contributed by atoms with van der Waals surface area (Å²) in [7, 11) is 0. The van der Waals surface area contributed by atoms with Gasteiger partial charge in [0, 0.05) is 11.6 Å². The Bertz CT molecular complexity index is 369. The molecule has 0 spiro atoms. The number of rotatable bonds is 5. The quantitative estimate of drug-likeness (QED) is 0.797. The van der Waals surface area contributed by atoms with Gasteiger partial charge in [-0.2, -0.15) is 0 Å². The molecule has 0 amide bonds. The topological polar surface area (TPSA) is 58.0 Å². The smallest absolute Gasteiger partial charge is 0.138 e. The van der Waals surface area contributed by atoms with Gasteiger partial charge in [0.05, 0.1) is 6.10 Å². The van der Waals surface area contributed by atoms with E-state index in [9.17, 15) is 5.11 Å². The van der Waals surface area contributed by atoms with E-state index in [4.69, 9.17) is 11.6 Å². The minimum absolute atomic E-state index is 0.137. The first-order valence-corrected chi connectivity index (χ1v) is 6.24. The molecule has 0 aliphatic carbocycles. The van der Waals surface area contributed by atoms with Crippen LogP contribution in [-0.2, 0) is 0 Å². The minimum atomic E-state index is -0.336. The van der Waals surface area contributed by atoms with Crippen molar-refractivity contribution >= 4 is 17.4 Å². The van der Waals surface area contributed by atoms with Crippen LogP contribution in [-0.4, -0.2) is 27.2 Å². The van der Waals surface area contributed by atoms with Crippen LogP contribution in [0.3, 0.4) is 0 Å². The minimum Gasteiger partial charge on any atom is -0.393 e. The number of hydrogen-bond acceptors (Lipinski definition) is 4. The van der Waals surface area contributed by atoms with E-state index in [2.05, 4.69) is 29.1 Å². The summed E-state index contributed by atoms with van der Waals surface area (Å²) in [5, 5.41) is 13.1. The summed E-state index contributed by atoms with van der Waals surface area (Å²) in [6, 6.07) is 0.137. The van der Waals surface area contributed by atoms with Gasteiger partial charge in [-0.05, 0) is 26.2 Å². The molecule has 0 fully saturated rings. The standard InChI is InChI=1S/C12H20ClN3O/c1-7(2)10-11(13)14-6-15-12(10)16-8(3)5-9(4)17/h6-9,17H,5H2,1-4H3,(H,14,15,16). The van der Waals surface area contributed by atoms with E-state index in [0.717, 1.165) is 11.4 Å². The van der Waals surface area contributed by atoms with Gasteiger partial charge in [-0.15, -0.1) is 0 Å². The van der Waals surface area contributed by atoms with E-state index in [1.54, 1.807) is 6.92 Å². The fraction of sp³-hybridized carbons (Fsp3) is 0.667. The van der Waals surface area contributed by atoms with Gasteiger partial charge < -0.3 is 10.4 Å². The third-order valence-electron chi connectivity index (χ3n) is 2.49. The molecular weight excluding hydrogens is 238 g/mol. The highest BCUT2D eigenvalue weighted by Gasteiger charge is 2.15. The number of aromatic nitrogens is 2. The van der Waals surface area contributed by atoms with Crippen LogP contribution in [0.4, 0.5) is 5.82 Å². The number of halogens is 1. The van der Waals surface area contributed by atoms with Gasteiger partial charge in [0.2, 0.25) is 0 Å². The number of aliphatic hydroxyl groups is 1. The molecule has 96 valence electrons. The van der Waals surface area contributed by atoms with Crippen molar-refractivity contribution in [3.63, 3.8) is 0 Å². The van der Waals surface area contributed by atoms with Crippen LogP contribution in [0.5, 0.6) is 0 Å². The Balaban J connectivity index is 2.87. The lowest BCUT2D eigenvalue weighted by atomic mass is 10.1. The number of nitrogens with one attached hydrogen (secondary N) is 1. The zero-order valence-electron chi connectivity index (χ0n) is 10.7. The van der Waals surface area contributed by atoms with Gasteiger partial charge in [0.1, 0.15) is 17.3 Å². The Labute approximate surface area is 107 Å². The molecule has 0 bridgehead atoms. The van der Waals surface area contributed by atoms with E-state index in [-0.39, 0.29) is 18.1 Å². The van der Waals surface area contributed by atoms with Gasteiger partial charge in [0.25, 0.3) is 0 Å². The number of nitrogens with zero attached hydrogens (tertiary/aromatic N) is 2. The zero-order chi connectivity index (χ0) is 13.0. The fourth-order valence-corrected chi connectivity index (χ4v) is 2.16. The average Bonchev–Trinajstić information content (AvgIpc) is 2.15. The molecule has 0 aromatic carbocycles. The zero-order valence-corrected chi connectivity index (χ0v) is 11.5. The van der Waals surface area contributed by atoms with Gasteiger partial charge in [-0.1, -0.05) is 25.4 Å². The number of anilines is 1. The summed E-state index contributed by atoms with van der Waals surface area (Å²) < 4.78 is 0. The molecule has 2 N–H and O–H groups in total. The van der Waals surface area contributed by atoms with E-state index in [1.165, 1.54) is 6.33 Å². The molecule has 1 aromatic heterocycles. The molecule has 0 saturated carbocycles. The van der Waals surface area contributed by atoms with Crippen LogP contribution in [0.2, 0.25) is 5.15 Å². The number of hydrogen-bond donors (Lipinski definition) is 2. The van der Waals surface area contributed by atoms with Gasteiger partial charge >= 0.3 is 0 Å². The molecule has 2 atom stereocenters. The van der Waals surface area contributed by atoms with Crippen molar-refractivity contribution in [3.05, 3.63) is 17.0 Å². The van der Waals surface area contributed by atoms with Crippen molar-refractivity contribution in [1.29, 1.82) is 0 Å². The highest BCUT2D eigenvalue weighted by atomic mass is 35.5. The second kappa shape index (κ2) is 6.17.